The maximum Gasteiger partial charge on any atom is 0.309 e. The van der Waals surface area contributed by atoms with Crippen LogP contribution < -0.4 is 20.1 Å². The summed E-state index contributed by atoms with van der Waals surface area (Å²) in [4.78, 5) is 23.4. The molecule has 0 aromatic heterocycles. The Labute approximate surface area is 143 Å². The van der Waals surface area contributed by atoms with E-state index in [4.69, 9.17) is 9.47 Å². The van der Waals surface area contributed by atoms with Crippen LogP contribution in [-0.2, 0) is 16.0 Å². The molecule has 0 heterocycles. The second kappa shape index (κ2) is 9.15. The Balaban J connectivity index is 2.57. The smallest absolute Gasteiger partial charge is 0.309 e. The van der Waals surface area contributed by atoms with Crippen LogP contribution in [0.3, 0.4) is 0 Å². The van der Waals surface area contributed by atoms with Gasteiger partial charge in [0.25, 0.3) is 0 Å². The van der Waals surface area contributed by atoms with Crippen molar-refractivity contribution in [1.82, 2.24) is 10.6 Å². The van der Waals surface area contributed by atoms with E-state index in [9.17, 15) is 9.59 Å². The quantitative estimate of drug-likeness (QED) is 0.747. The molecule has 134 valence electrons. The van der Waals surface area contributed by atoms with Gasteiger partial charge >= 0.3 is 11.8 Å². The fraction of sp³-hybridized carbons (Fsp3) is 0.556. The second-order valence-corrected chi connectivity index (χ2v) is 6.36. The molecule has 0 aliphatic heterocycles. The van der Waals surface area contributed by atoms with Crippen LogP contribution in [-0.4, -0.2) is 37.1 Å². The van der Waals surface area contributed by atoms with Crippen molar-refractivity contribution < 1.29 is 19.1 Å². The van der Waals surface area contributed by atoms with Gasteiger partial charge in [-0.05, 0) is 58.7 Å². The minimum atomic E-state index is -0.624. The number of rotatable bonds is 7. The number of ether oxygens (including phenoxy) is 2. The summed E-state index contributed by atoms with van der Waals surface area (Å²) in [6, 6.07) is 5.68. The first-order valence-corrected chi connectivity index (χ1v) is 8.25. The summed E-state index contributed by atoms with van der Waals surface area (Å²) in [5, 5.41) is 5.25. The van der Waals surface area contributed by atoms with E-state index in [-0.39, 0.29) is 0 Å². The third-order valence-corrected chi connectivity index (χ3v) is 3.00. The molecule has 0 aliphatic rings. The van der Waals surface area contributed by atoms with Gasteiger partial charge in [-0.2, -0.15) is 0 Å². The molecular formula is C18H28N2O4. The van der Waals surface area contributed by atoms with Crippen molar-refractivity contribution in [3.05, 3.63) is 23.8 Å². The molecule has 0 aliphatic carbocycles. The Hall–Kier alpha value is -2.24. The van der Waals surface area contributed by atoms with E-state index in [1.807, 2.05) is 52.8 Å². The minimum absolute atomic E-state index is 0.371. The lowest BCUT2D eigenvalue weighted by molar-refractivity contribution is -0.140. The van der Waals surface area contributed by atoms with Crippen LogP contribution in [0.2, 0.25) is 0 Å². The standard InChI is InChI=1S/C18H28N2O4/c1-6-23-14-9-8-13(12-15(14)24-7-2)10-11-19-16(21)17(22)20-18(3,4)5/h8-9,12H,6-7,10-11H2,1-5H3,(H,19,21)(H,20,22). The predicted octanol–water partition coefficient (Wildman–Crippen LogP) is 2.06. The van der Waals surface area contributed by atoms with Gasteiger partial charge in [-0.1, -0.05) is 6.07 Å². The largest absolute Gasteiger partial charge is 0.490 e. The molecule has 0 fully saturated rings. The van der Waals surface area contributed by atoms with Gasteiger partial charge < -0.3 is 20.1 Å². The van der Waals surface area contributed by atoms with Crippen LogP contribution in [0.4, 0.5) is 0 Å². The molecule has 0 atom stereocenters. The van der Waals surface area contributed by atoms with Crippen molar-refractivity contribution >= 4 is 11.8 Å². The predicted molar refractivity (Wildman–Crippen MR) is 93.4 cm³/mol. The van der Waals surface area contributed by atoms with Crippen LogP contribution in [0.5, 0.6) is 11.5 Å². The van der Waals surface area contributed by atoms with Crippen molar-refractivity contribution in [2.24, 2.45) is 0 Å². The van der Waals surface area contributed by atoms with E-state index < -0.39 is 17.4 Å². The Morgan fingerprint density at radius 3 is 2.21 bits per heavy atom. The van der Waals surface area contributed by atoms with Crippen LogP contribution >= 0.6 is 0 Å². The van der Waals surface area contributed by atoms with Gasteiger partial charge in [0.05, 0.1) is 13.2 Å². The maximum atomic E-state index is 11.8. The molecule has 1 rings (SSSR count). The number of carbonyl (C=O) groups excluding carboxylic acids is 2. The Morgan fingerprint density at radius 1 is 1.00 bits per heavy atom. The molecule has 0 spiro atoms. The van der Waals surface area contributed by atoms with Gasteiger partial charge in [0.1, 0.15) is 0 Å². The van der Waals surface area contributed by atoms with Gasteiger partial charge in [0, 0.05) is 12.1 Å². The fourth-order valence-electron chi connectivity index (χ4n) is 2.05. The highest BCUT2D eigenvalue weighted by Gasteiger charge is 2.19. The van der Waals surface area contributed by atoms with E-state index in [1.165, 1.54) is 0 Å². The SMILES string of the molecule is CCOc1ccc(CCNC(=O)C(=O)NC(C)(C)C)cc1OCC. The second-order valence-electron chi connectivity index (χ2n) is 6.36. The van der Waals surface area contributed by atoms with Crippen LogP contribution in [0.25, 0.3) is 0 Å². The highest BCUT2D eigenvalue weighted by atomic mass is 16.5. The van der Waals surface area contributed by atoms with Crippen molar-refractivity contribution in [1.29, 1.82) is 0 Å². The highest BCUT2D eigenvalue weighted by Crippen LogP contribution is 2.28. The van der Waals surface area contributed by atoms with Crippen LogP contribution in [0, 0.1) is 0 Å². The molecule has 1 aromatic carbocycles. The lowest BCUT2D eigenvalue weighted by Crippen LogP contribution is -2.48. The van der Waals surface area contributed by atoms with E-state index in [0.717, 1.165) is 5.56 Å². The normalized spacial score (nSPS) is 10.9. The number of hydrogen-bond donors (Lipinski definition) is 2. The number of benzene rings is 1. The summed E-state index contributed by atoms with van der Waals surface area (Å²) in [5.74, 6) is 0.149. The minimum Gasteiger partial charge on any atom is -0.490 e. The zero-order valence-corrected chi connectivity index (χ0v) is 15.2. The Kier molecular flexibility index (Phi) is 7.55. The molecule has 24 heavy (non-hydrogen) atoms. The summed E-state index contributed by atoms with van der Waals surface area (Å²) in [6.45, 7) is 10.8. The molecule has 0 radical (unpaired) electrons. The Morgan fingerprint density at radius 2 is 1.62 bits per heavy atom. The van der Waals surface area contributed by atoms with Crippen molar-refractivity contribution in [3.63, 3.8) is 0 Å². The zero-order chi connectivity index (χ0) is 18.2. The number of nitrogens with one attached hydrogen (secondary N) is 2. The van der Waals surface area contributed by atoms with E-state index in [0.29, 0.717) is 37.7 Å². The third-order valence-electron chi connectivity index (χ3n) is 3.00. The fourth-order valence-corrected chi connectivity index (χ4v) is 2.05. The van der Waals surface area contributed by atoms with Gasteiger partial charge in [-0.15, -0.1) is 0 Å². The molecule has 0 saturated heterocycles. The number of amides is 2. The van der Waals surface area contributed by atoms with Crippen LogP contribution in [0.15, 0.2) is 18.2 Å². The van der Waals surface area contributed by atoms with Gasteiger partial charge in [-0.25, -0.2) is 0 Å². The molecule has 1 aromatic rings. The molecule has 6 nitrogen and oxygen atoms in total. The monoisotopic (exact) mass is 336 g/mol. The molecule has 6 heteroatoms. The lowest BCUT2D eigenvalue weighted by atomic mass is 10.1. The summed E-state index contributed by atoms with van der Waals surface area (Å²) < 4.78 is 11.1. The summed E-state index contributed by atoms with van der Waals surface area (Å²) in [6.07, 6.45) is 0.598. The molecular weight excluding hydrogens is 308 g/mol. The van der Waals surface area contributed by atoms with Crippen molar-refractivity contribution in [2.45, 2.75) is 46.6 Å². The summed E-state index contributed by atoms with van der Waals surface area (Å²) in [7, 11) is 0. The van der Waals surface area contributed by atoms with Crippen molar-refractivity contribution in [3.8, 4) is 11.5 Å². The van der Waals surface area contributed by atoms with Gasteiger partial charge in [0.2, 0.25) is 0 Å². The van der Waals surface area contributed by atoms with Gasteiger partial charge in [-0.3, -0.25) is 9.59 Å². The molecule has 2 N–H and O–H groups in total. The van der Waals surface area contributed by atoms with Crippen molar-refractivity contribution in [2.75, 3.05) is 19.8 Å². The molecule has 0 unspecified atom stereocenters. The van der Waals surface area contributed by atoms with Gasteiger partial charge in [0.15, 0.2) is 11.5 Å². The Bertz CT molecular complexity index is 565. The lowest BCUT2D eigenvalue weighted by Gasteiger charge is -2.19. The summed E-state index contributed by atoms with van der Waals surface area (Å²) >= 11 is 0. The number of hydrogen-bond acceptors (Lipinski definition) is 4. The first kappa shape index (κ1) is 19.8. The average molecular weight is 336 g/mol. The van der Waals surface area contributed by atoms with E-state index in [1.54, 1.807) is 0 Å². The van der Waals surface area contributed by atoms with E-state index >= 15 is 0 Å². The average Bonchev–Trinajstić information content (AvgIpc) is 2.48. The van der Waals surface area contributed by atoms with E-state index in [2.05, 4.69) is 10.6 Å². The summed E-state index contributed by atoms with van der Waals surface area (Å²) in [5.41, 5.74) is 0.564. The molecule has 0 bridgehead atoms. The highest BCUT2D eigenvalue weighted by molar-refractivity contribution is 6.35. The molecule has 0 saturated carbocycles. The molecule has 2 amide bonds. The first-order valence-electron chi connectivity index (χ1n) is 8.25. The topological polar surface area (TPSA) is 76.7 Å². The van der Waals surface area contributed by atoms with Crippen LogP contribution in [0.1, 0.15) is 40.2 Å². The third kappa shape index (κ3) is 6.89. The number of carbonyl (C=O) groups is 2. The maximum absolute atomic E-state index is 11.8. The zero-order valence-electron chi connectivity index (χ0n) is 15.2. The first-order chi connectivity index (χ1) is 11.3.